The van der Waals surface area contributed by atoms with Crippen LogP contribution < -0.4 is 10.1 Å². The number of nitrogens with zero attached hydrogens (tertiary/aromatic N) is 2. The molecule has 0 aliphatic rings. The molecule has 0 saturated carbocycles. The van der Waals surface area contributed by atoms with Gasteiger partial charge in [-0.05, 0) is 29.8 Å². The van der Waals surface area contributed by atoms with Crippen LogP contribution in [0.25, 0.3) is 0 Å². The van der Waals surface area contributed by atoms with E-state index in [0.29, 0.717) is 38.8 Å². The Morgan fingerprint density at radius 3 is 2.64 bits per heavy atom. The molecule has 0 fully saturated rings. The van der Waals surface area contributed by atoms with Crippen LogP contribution in [-0.2, 0) is 18.1 Å². The molecular weight excluding hydrogens is 425 g/mol. The molecule has 0 spiro atoms. The van der Waals surface area contributed by atoms with E-state index in [4.69, 9.17) is 44.3 Å². The fraction of sp³-hybridized carbons (Fsp3) is 0.158. The predicted octanol–water partition coefficient (Wildman–Crippen LogP) is 5.28. The van der Waals surface area contributed by atoms with Crippen molar-refractivity contribution < 1.29 is 14.3 Å². The second-order valence-electron chi connectivity index (χ2n) is 5.83. The molecule has 9 heteroatoms. The maximum Gasteiger partial charge on any atom is 0.255 e. The van der Waals surface area contributed by atoms with Crippen molar-refractivity contribution >= 4 is 46.4 Å². The van der Waals surface area contributed by atoms with Gasteiger partial charge < -0.3 is 14.8 Å². The predicted molar refractivity (Wildman–Crippen MR) is 109 cm³/mol. The second-order valence-corrected chi connectivity index (χ2v) is 7.08. The lowest BCUT2D eigenvalue weighted by Gasteiger charge is -2.11. The Labute approximate surface area is 176 Å². The largest absolute Gasteiger partial charge is 0.486 e. The lowest BCUT2D eigenvalue weighted by atomic mass is 10.1. The first-order valence-electron chi connectivity index (χ1n) is 8.15. The zero-order valence-corrected chi connectivity index (χ0v) is 17.1. The van der Waals surface area contributed by atoms with Gasteiger partial charge in [0, 0.05) is 17.7 Å². The van der Waals surface area contributed by atoms with Crippen molar-refractivity contribution in [3.63, 3.8) is 0 Å². The van der Waals surface area contributed by atoms with Gasteiger partial charge in [0.15, 0.2) is 5.75 Å². The number of ether oxygens (including phenoxy) is 2. The van der Waals surface area contributed by atoms with Crippen molar-refractivity contribution in [3.05, 3.63) is 75.0 Å². The maximum absolute atomic E-state index is 12.5. The molecule has 0 bridgehead atoms. The van der Waals surface area contributed by atoms with Crippen molar-refractivity contribution in [2.24, 2.45) is 0 Å². The van der Waals surface area contributed by atoms with Gasteiger partial charge in [-0.15, -0.1) is 0 Å². The van der Waals surface area contributed by atoms with E-state index in [9.17, 15) is 4.79 Å². The highest BCUT2D eigenvalue weighted by Gasteiger charge is 2.11. The summed E-state index contributed by atoms with van der Waals surface area (Å²) in [6.07, 6.45) is 3.23. The Kier molecular flexibility index (Phi) is 6.80. The number of benzene rings is 2. The first kappa shape index (κ1) is 20.5. The number of carbonyl (C=O) groups excluding carboxylic acids is 1. The van der Waals surface area contributed by atoms with E-state index in [1.165, 1.54) is 0 Å². The van der Waals surface area contributed by atoms with E-state index >= 15 is 0 Å². The quantitative estimate of drug-likeness (QED) is 0.543. The van der Waals surface area contributed by atoms with Crippen molar-refractivity contribution in [2.75, 3.05) is 12.4 Å². The highest BCUT2D eigenvalue weighted by atomic mass is 35.5. The number of nitrogens with one attached hydrogen (secondary N) is 1. The molecule has 1 amide bonds. The summed E-state index contributed by atoms with van der Waals surface area (Å²) < 4.78 is 12.3. The number of halogens is 3. The highest BCUT2D eigenvalue weighted by Crippen LogP contribution is 2.36. The Morgan fingerprint density at radius 2 is 1.93 bits per heavy atom. The minimum atomic E-state index is -0.263. The zero-order chi connectivity index (χ0) is 20.1. The van der Waals surface area contributed by atoms with E-state index < -0.39 is 0 Å². The third kappa shape index (κ3) is 5.17. The van der Waals surface area contributed by atoms with E-state index in [0.717, 1.165) is 5.56 Å². The summed E-state index contributed by atoms with van der Waals surface area (Å²) in [5.74, 6) is 0.0783. The maximum atomic E-state index is 12.5. The summed E-state index contributed by atoms with van der Waals surface area (Å²) in [6.45, 7) is 0.493. The fourth-order valence-electron chi connectivity index (χ4n) is 2.46. The van der Waals surface area contributed by atoms with Gasteiger partial charge in [0.1, 0.15) is 13.3 Å². The van der Waals surface area contributed by atoms with Crippen LogP contribution in [0.4, 0.5) is 5.69 Å². The Balaban J connectivity index is 1.67. The van der Waals surface area contributed by atoms with Crippen molar-refractivity contribution in [1.29, 1.82) is 0 Å². The highest BCUT2D eigenvalue weighted by molar-refractivity contribution is 6.40. The summed E-state index contributed by atoms with van der Waals surface area (Å²) in [5, 5.41) is 7.93. The molecule has 3 rings (SSSR count). The van der Waals surface area contributed by atoms with Crippen LogP contribution in [0.2, 0.25) is 15.1 Å². The average molecular weight is 441 g/mol. The number of aromatic nitrogens is 2. The third-order valence-corrected chi connectivity index (χ3v) is 4.47. The van der Waals surface area contributed by atoms with Crippen LogP contribution in [0.3, 0.4) is 0 Å². The summed E-state index contributed by atoms with van der Waals surface area (Å²) in [6, 6.07) is 10.2. The van der Waals surface area contributed by atoms with E-state index in [-0.39, 0.29) is 12.5 Å². The Morgan fingerprint density at radius 1 is 1.18 bits per heavy atom. The van der Waals surface area contributed by atoms with Crippen LogP contribution in [0.1, 0.15) is 15.9 Å². The van der Waals surface area contributed by atoms with Crippen LogP contribution in [0.5, 0.6) is 5.75 Å². The molecule has 3 aromatic rings. The molecule has 0 radical (unpaired) electrons. The third-order valence-electron chi connectivity index (χ3n) is 3.69. The SMILES string of the molecule is COCn1cc(NC(=O)c2cccc(COc3c(Cl)cc(Cl)cc3Cl)c2)cn1. The minimum absolute atomic E-state index is 0.188. The molecule has 0 aliphatic heterocycles. The number of methoxy groups -OCH3 is 1. The molecule has 0 unspecified atom stereocenters. The van der Waals surface area contributed by atoms with Gasteiger partial charge in [0.05, 0.1) is 28.1 Å². The summed E-state index contributed by atoms with van der Waals surface area (Å²) in [7, 11) is 1.57. The molecule has 28 heavy (non-hydrogen) atoms. The van der Waals surface area contributed by atoms with Gasteiger partial charge in [-0.1, -0.05) is 46.9 Å². The lowest BCUT2D eigenvalue weighted by Crippen LogP contribution is -2.12. The summed E-state index contributed by atoms with van der Waals surface area (Å²) >= 11 is 18.1. The topological polar surface area (TPSA) is 65.4 Å². The summed E-state index contributed by atoms with van der Waals surface area (Å²) in [4.78, 5) is 12.5. The Bertz CT molecular complexity index is 968. The minimum Gasteiger partial charge on any atom is -0.486 e. The smallest absolute Gasteiger partial charge is 0.255 e. The number of amides is 1. The van der Waals surface area contributed by atoms with Gasteiger partial charge in [-0.2, -0.15) is 5.10 Å². The van der Waals surface area contributed by atoms with E-state index in [1.54, 1.807) is 54.5 Å². The molecule has 0 atom stereocenters. The fourth-order valence-corrected chi connectivity index (χ4v) is 3.39. The first-order chi connectivity index (χ1) is 13.5. The molecule has 1 N–H and O–H groups in total. The van der Waals surface area contributed by atoms with Crippen LogP contribution >= 0.6 is 34.8 Å². The van der Waals surface area contributed by atoms with Crippen molar-refractivity contribution in [3.8, 4) is 5.75 Å². The zero-order valence-electron chi connectivity index (χ0n) is 14.8. The first-order valence-corrected chi connectivity index (χ1v) is 9.28. The molecule has 0 aliphatic carbocycles. The average Bonchev–Trinajstić information content (AvgIpc) is 3.08. The molecule has 2 aromatic carbocycles. The molecular formula is C19H16Cl3N3O3. The normalized spacial score (nSPS) is 10.7. The molecule has 146 valence electrons. The van der Waals surface area contributed by atoms with Crippen LogP contribution in [0, 0.1) is 0 Å². The summed E-state index contributed by atoms with van der Waals surface area (Å²) in [5.41, 5.74) is 1.84. The van der Waals surface area contributed by atoms with E-state index in [1.807, 2.05) is 6.07 Å². The monoisotopic (exact) mass is 439 g/mol. The number of carbonyl (C=O) groups is 1. The van der Waals surface area contributed by atoms with Gasteiger partial charge >= 0.3 is 0 Å². The standard InChI is InChI=1S/C19H16Cl3N3O3/c1-27-11-25-9-15(8-23-25)24-19(26)13-4-2-3-12(5-13)10-28-18-16(21)6-14(20)7-17(18)22/h2-9H,10-11H2,1H3,(H,24,26). The second kappa shape index (κ2) is 9.30. The lowest BCUT2D eigenvalue weighted by molar-refractivity contribution is 0.102. The van der Waals surface area contributed by atoms with Crippen LogP contribution in [0.15, 0.2) is 48.8 Å². The Hall–Kier alpha value is -2.25. The van der Waals surface area contributed by atoms with Gasteiger partial charge in [0.2, 0.25) is 0 Å². The van der Waals surface area contributed by atoms with Gasteiger partial charge in [-0.3, -0.25) is 4.79 Å². The van der Waals surface area contributed by atoms with Crippen molar-refractivity contribution in [2.45, 2.75) is 13.3 Å². The number of hydrogen-bond donors (Lipinski definition) is 1. The molecule has 0 saturated heterocycles. The molecule has 6 nitrogen and oxygen atoms in total. The molecule has 1 aromatic heterocycles. The van der Waals surface area contributed by atoms with Crippen molar-refractivity contribution in [1.82, 2.24) is 9.78 Å². The number of anilines is 1. The number of hydrogen-bond acceptors (Lipinski definition) is 4. The van der Waals surface area contributed by atoms with E-state index in [2.05, 4.69) is 10.4 Å². The van der Waals surface area contributed by atoms with Gasteiger partial charge in [0.25, 0.3) is 5.91 Å². The molecule has 1 heterocycles. The number of rotatable bonds is 7. The van der Waals surface area contributed by atoms with Gasteiger partial charge in [-0.25, -0.2) is 4.68 Å². The van der Waals surface area contributed by atoms with Crippen LogP contribution in [-0.4, -0.2) is 22.8 Å².